The Hall–Kier alpha value is -3.80. The Morgan fingerprint density at radius 2 is 1.58 bits per heavy atom. The van der Waals surface area contributed by atoms with Gasteiger partial charge in [0.15, 0.2) is 0 Å². The minimum absolute atomic E-state index is 0.1000. The second-order valence-corrected chi connectivity index (χ2v) is 12.6. The molecule has 4 unspecified atom stereocenters. The fraction of sp³-hybridized carbons (Fsp3) is 0.487. The van der Waals surface area contributed by atoms with Gasteiger partial charge in [0.25, 0.3) is 0 Å². The van der Waals surface area contributed by atoms with Crippen LogP contribution in [-0.2, 0) is 9.59 Å². The van der Waals surface area contributed by atoms with E-state index in [1.54, 1.807) is 6.42 Å². The third-order valence-corrected chi connectivity index (χ3v) is 9.14. The summed E-state index contributed by atoms with van der Waals surface area (Å²) in [4.78, 5) is 21.5. The molecular weight excluding hydrogens is 556 g/mol. The van der Waals surface area contributed by atoms with E-state index < -0.39 is 0 Å². The van der Waals surface area contributed by atoms with Crippen LogP contribution in [0.5, 0.6) is 0 Å². The van der Waals surface area contributed by atoms with Gasteiger partial charge >= 0.3 is 0 Å². The van der Waals surface area contributed by atoms with Crippen LogP contribution in [0.4, 0.5) is 17.1 Å². The average molecular weight is 615 g/mol. The second kappa shape index (κ2) is 20.3. The topological polar surface area (TPSA) is 82.3 Å². The molecule has 0 radical (unpaired) electrons. The summed E-state index contributed by atoms with van der Waals surface area (Å²) in [6.45, 7) is 11.4. The molecular formula is C39H58N4O2. The van der Waals surface area contributed by atoms with Gasteiger partial charge in [0.1, 0.15) is 0 Å². The third-order valence-electron chi connectivity index (χ3n) is 9.14. The first-order valence-corrected chi connectivity index (χ1v) is 16.7. The molecule has 2 saturated carbocycles. The maximum absolute atomic E-state index is 11.3. The van der Waals surface area contributed by atoms with Crippen molar-refractivity contribution in [2.45, 2.75) is 86.0 Å². The minimum Gasteiger partial charge on any atom is -0.386 e. The molecule has 3 aliphatic rings. The van der Waals surface area contributed by atoms with Crippen molar-refractivity contribution in [3.63, 3.8) is 0 Å². The smallest absolute Gasteiger partial charge is 0.224 e. The van der Waals surface area contributed by atoms with E-state index in [0.29, 0.717) is 12.8 Å². The minimum atomic E-state index is 0.1000. The first-order chi connectivity index (χ1) is 21.7. The number of amides is 2. The lowest BCUT2D eigenvalue weighted by Gasteiger charge is -2.38. The molecule has 4 atom stereocenters. The van der Waals surface area contributed by atoms with Crippen molar-refractivity contribution in [2.75, 3.05) is 30.0 Å². The van der Waals surface area contributed by atoms with Crippen molar-refractivity contribution in [1.29, 1.82) is 0 Å². The van der Waals surface area contributed by atoms with Gasteiger partial charge in [-0.15, -0.1) is 0 Å². The van der Waals surface area contributed by atoms with Crippen LogP contribution in [0.1, 0.15) is 86.0 Å². The molecule has 246 valence electrons. The Morgan fingerprint density at radius 1 is 0.911 bits per heavy atom. The van der Waals surface area contributed by atoms with Crippen LogP contribution < -0.4 is 21.3 Å². The lowest BCUT2D eigenvalue weighted by atomic mass is 9.67. The highest BCUT2D eigenvalue weighted by atomic mass is 16.1. The predicted octanol–water partition coefficient (Wildman–Crippen LogP) is 9.58. The van der Waals surface area contributed by atoms with Gasteiger partial charge < -0.3 is 21.3 Å². The van der Waals surface area contributed by atoms with E-state index in [0.717, 1.165) is 58.8 Å². The Balaban J connectivity index is 0.000000216. The molecule has 5 rings (SSSR count). The molecule has 4 N–H and O–H groups in total. The van der Waals surface area contributed by atoms with Crippen LogP contribution in [0.3, 0.4) is 0 Å². The molecule has 45 heavy (non-hydrogen) atoms. The van der Waals surface area contributed by atoms with Crippen molar-refractivity contribution in [1.82, 2.24) is 5.32 Å². The van der Waals surface area contributed by atoms with Gasteiger partial charge in [-0.2, -0.15) is 0 Å². The van der Waals surface area contributed by atoms with Gasteiger partial charge in [0.05, 0.1) is 11.4 Å². The zero-order chi connectivity index (χ0) is 33.1. The summed E-state index contributed by atoms with van der Waals surface area (Å²) in [6.07, 6.45) is 18.7. The number of hydrogen-bond acceptors (Lipinski definition) is 4. The van der Waals surface area contributed by atoms with Crippen LogP contribution in [0, 0.1) is 23.2 Å². The van der Waals surface area contributed by atoms with Crippen molar-refractivity contribution >= 4 is 29.4 Å². The van der Waals surface area contributed by atoms with Gasteiger partial charge in [-0.25, -0.2) is 0 Å². The summed E-state index contributed by atoms with van der Waals surface area (Å²) in [6, 6.07) is 17.6. The molecule has 2 aromatic carbocycles. The number of nitrogens with one attached hydrogen (secondary N) is 4. The number of carbonyl (C=O) groups excluding carboxylic acids is 2. The third kappa shape index (κ3) is 13.0. The number of hydrogen-bond donors (Lipinski definition) is 4. The first kappa shape index (κ1) is 37.4. The Kier molecular flexibility index (Phi) is 16.8. The largest absolute Gasteiger partial charge is 0.386 e. The highest BCUT2D eigenvalue weighted by molar-refractivity contribution is 5.79. The van der Waals surface area contributed by atoms with Crippen LogP contribution in [0.25, 0.3) is 0 Å². The number of anilines is 3. The highest BCUT2D eigenvalue weighted by Crippen LogP contribution is 2.58. The summed E-state index contributed by atoms with van der Waals surface area (Å²) in [7, 11) is 3.68. The fourth-order valence-corrected chi connectivity index (χ4v) is 6.84. The molecule has 2 amide bonds. The number of allylic oxidation sites excluding steroid dienone is 5. The van der Waals surface area contributed by atoms with Crippen LogP contribution >= 0.6 is 0 Å². The van der Waals surface area contributed by atoms with E-state index in [9.17, 15) is 9.59 Å². The summed E-state index contributed by atoms with van der Waals surface area (Å²) in [5.41, 5.74) is 5.65. The molecule has 3 aliphatic carbocycles. The average Bonchev–Trinajstić information content (AvgIpc) is 3.14. The Labute approximate surface area is 273 Å². The number of fused-ring (bicyclic) bond motifs is 2. The van der Waals surface area contributed by atoms with Crippen LogP contribution in [-0.4, -0.2) is 26.4 Å². The Morgan fingerprint density at radius 3 is 2.16 bits per heavy atom. The van der Waals surface area contributed by atoms with Crippen LogP contribution in [0.15, 0.2) is 90.2 Å². The predicted molar refractivity (Wildman–Crippen MR) is 193 cm³/mol. The van der Waals surface area contributed by atoms with Gasteiger partial charge in [-0.05, 0) is 92.9 Å². The zero-order valence-electron chi connectivity index (χ0n) is 28.8. The van der Waals surface area contributed by atoms with E-state index in [4.69, 9.17) is 0 Å². The van der Waals surface area contributed by atoms with Gasteiger partial charge in [0.2, 0.25) is 12.3 Å². The molecule has 0 aliphatic heterocycles. The molecule has 0 heterocycles. The van der Waals surface area contributed by atoms with Gasteiger partial charge in [-0.1, -0.05) is 94.3 Å². The second-order valence-electron chi connectivity index (χ2n) is 12.6. The quantitative estimate of drug-likeness (QED) is 0.223. The lowest BCUT2D eigenvalue weighted by Crippen LogP contribution is -2.28. The van der Waals surface area contributed by atoms with E-state index >= 15 is 0 Å². The highest BCUT2D eigenvalue weighted by Gasteiger charge is 2.47. The summed E-state index contributed by atoms with van der Waals surface area (Å²) >= 11 is 0. The molecule has 0 spiro atoms. The normalized spacial score (nSPS) is 22.6. The zero-order valence-corrected chi connectivity index (χ0v) is 28.8. The van der Waals surface area contributed by atoms with Crippen molar-refractivity contribution in [3.05, 3.63) is 90.2 Å². The van der Waals surface area contributed by atoms with Crippen LogP contribution in [0.2, 0.25) is 0 Å². The maximum atomic E-state index is 11.3. The number of benzene rings is 2. The SMILES string of the molecule is CCC12CC(C)CC(CC1C)C2.CCCC(=O)NC1=CCC=C(C)C=C1.CNc1ccc(NC=O)cc1NC.c1ccccc1. The van der Waals surface area contributed by atoms with E-state index in [1.807, 2.05) is 93.8 Å². The van der Waals surface area contributed by atoms with Crippen molar-refractivity contribution in [2.24, 2.45) is 23.2 Å². The molecule has 0 saturated heterocycles. The fourth-order valence-electron chi connectivity index (χ4n) is 6.84. The van der Waals surface area contributed by atoms with Crippen molar-refractivity contribution < 1.29 is 9.59 Å². The van der Waals surface area contributed by atoms with E-state index in [-0.39, 0.29) is 5.91 Å². The van der Waals surface area contributed by atoms with Crippen molar-refractivity contribution in [3.8, 4) is 0 Å². The Bertz CT molecular complexity index is 1230. The standard InChI is InChI=1S/C12H17NO.C12H22.C9H13N3O.C6H6/c1-3-5-12(14)13-11-7-4-6-10(2)8-9-11;1-4-12-7-9(2)5-11(8-12)6-10(12)3;1-10-8-4-3-7(12-6-13)5-9(8)11-2;1-2-4-6-5-3-1/h6-9H,3-5H2,1-2H3,(H,13,14);9-11H,4-8H2,1-3H3;3-6,10-11H,1-2H3,(H,12,13);1-6H. The van der Waals surface area contributed by atoms with Gasteiger partial charge in [-0.3, -0.25) is 9.59 Å². The molecule has 2 bridgehead atoms. The summed E-state index contributed by atoms with van der Waals surface area (Å²) < 4.78 is 0. The summed E-state index contributed by atoms with van der Waals surface area (Å²) in [5, 5.41) is 11.5. The monoisotopic (exact) mass is 614 g/mol. The summed E-state index contributed by atoms with van der Waals surface area (Å²) in [5.74, 6) is 3.21. The van der Waals surface area contributed by atoms with E-state index in [1.165, 1.54) is 31.3 Å². The molecule has 2 fully saturated rings. The number of carbonyl (C=O) groups is 2. The molecule has 6 nitrogen and oxygen atoms in total. The number of rotatable bonds is 8. The molecule has 6 heteroatoms. The molecule has 0 aromatic heterocycles. The van der Waals surface area contributed by atoms with E-state index in [2.05, 4.69) is 55.0 Å². The molecule has 2 aromatic rings. The maximum Gasteiger partial charge on any atom is 0.224 e. The van der Waals surface area contributed by atoms with Gasteiger partial charge in [0, 0.05) is 31.9 Å². The lowest BCUT2D eigenvalue weighted by molar-refractivity contribution is -0.120. The first-order valence-electron chi connectivity index (χ1n) is 16.7.